The van der Waals surface area contributed by atoms with Gasteiger partial charge in [-0.1, -0.05) is 12.1 Å². The molecule has 0 unspecified atom stereocenters. The number of aryl methyl sites for hydroxylation is 1. The molecule has 0 radical (unpaired) electrons. The van der Waals surface area contributed by atoms with Gasteiger partial charge in [-0.25, -0.2) is 4.79 Å². The largest absolute Gasteiger partial charge is 0.487 e. The summed E-state index contributed by atoms with van der Waals surface area (Å²) in [5, 5.41) is 4.35. The number of methoxy groups -OCH3 is 1. The molecule has 2 heterocycles. The third-order valence-corrected chi connectivity index (χ3v) is 5.80. The van der Waals surface area contributed by atoms with Crippen LogP contribution < -0.4 is 4.74 Å². The van der Waals surface area contributed by atoms with E-state index in [-0.39, 0.29) is 12.2 Å². The van der Waals surface area contributed by atoms with E-state index in [9.17, 15) is 4.79 Å². The Bertz CT molecular complexity index is 813. The highest BCUT2D eigenvalue weighted by Gasteiger charge is 2.34. The molecule has 2 aromatic rings. The smallest absolute Gasteiger partial charge is 0.357 e. The fourth-order valence-corrected chi connectivity index (χ4v) is 4.00. The van der Waals surface area contributed by atoms with Crippen LogP contribution in [0.5, 0.6) is 5.75 Å². The highest BCUT2D eigenvalue weighted by molar-refractivity contribution is 9.10. The summed E-state index contributed by atoms with van der Waals surface area (Å²) in [4.78, 5) is 12.0. The van der Waals surface area contributed by atoms with Gasteiger partial charge >= 0.3 is 5.97 Å². The second-order valence-corrected chi connectivity index (χ2v) is 7.37. The van der Waals surface area contributed by atoms with E-state index in [1.807, 2.05) is 24.3 Å². The van der Waals surface area contributed by atoms with Crippen molar-refractivity contribution < 1.29 is 23.7 Å². The standard InChI is InChI=1S/C20H25BrN2O5/c1-4-27-19(24)18-17(21)16(22-23(18)2)13-28-15-7-5-14(6-8-15)20(25-3)9-11-26-12-10-20/h5-8H,4,9-13H2,1-3H3. The number of halogens is 1. The fraction of sp³-hybridized carbons (Fsp3) is 0.500. The minimum absolute atomic E-state index is 0.233. The van der Waals surface area contributed by atoms with Crippen molar-refractivity contribution in [3.63, 3.8) is 0 Å². The van der Waals surface area contributed by atoms with Crippen molar-refractivity contribution in [3.8, 4) is 5.75 Å². The Morgan fingerprint density at radius 2 is 1.96 bits per heavy atom. The Labute approximate surface area is 173 Å². The van der Waals surface area contributed by atoms with Crippen molar-refractivity contribution in [1.82, 2.24) is 9.78 Å². The average Bonchev–Trinajstić information content (AvgIpc) is 3.00. The molecular weight excluding hydrogens is 428 g/mol. The molecule has 0 spiro atoms. The molecule has 0 atom stereocenters. The summed E-state index contributed by atoms with van der Waals surface area (Å²) < 4.78 is 24.3. The first-order valence-corrected chi connectivity index (χ1v) is 10.0. The zero-order valence-corrected chi connectivity index (χ0v) is 18.0. The summed E-state index contributed by atoms with van der Waals surface area (Å²) in [5.41, 5.74) is 1.83. The maximum Gasteiger partial charge on any atom is 0.357 e. The maximum atomic E-state index is 12.0. The number of esters is 1. The molecule has 3 rings (SSSR count). The van der Waals surface area contributed by atoms with E-state index in [4.69, 9.17) is 18.9 Å². The molecule has 152 valence electrons. The first kappa shape index (κ1) is 20.8. The lowest BCUT2D eigenvalue weighted by Crippen LogP contribution is -2.35. The molecular formula is C20H25BrN2O5. The van der Waals surface area contributed by atoms with Crippen LogP contribution >= 0.6 is 15.9 Å². The quantitative estimate of drug-likeness (QED) is 0.597. The van der Waals surface area contributed by atoms with Gasteiger partial charge in [-0.05, 0) is 40.5 Å². The monoisotopic (exact) mass is 452 g/mol. The molecule has 28 heavy (non-hydrogen) atoms. The summed E-state index contributed by atoms with van der Waals surface area (Å²) in [6.07, 6.45) is 1.67. The van der Waals surface area contributed by atoms with Crippen LogP contribution in [0.2, 0.25) is 0 Å². The van der Waals surface area contributed by atoms with Crippen LogP contribution in [0.1, 0.15) is 41.5 Å². The van der Waals surface area contributed by atoms with Gasteiger partial charge < -0.3 is 18.9 Å². The highest BCUT2D eigenvalue weighted by atomic mass is 79.9. The van der Waals surface area contributed by atoms with Crippen LogP contribution in [0.25, 0.3) is 0 Å². The lowest BCUT2D eigenvalue weighted by molar-refractivity contribution is -0.0948. The number of benzene rings is 1. The predicted octanol–water partition coefficient (Wildman–Crippen LogP) is 3.59. The molecule has 1 aromatic carbocycles. The van der Waals surface area contributed by atoms with E-state index in [0.29, 0.717) is 35.7 Å². The van der Waals surface area contributed by atoms with Crippen LogP contribution in [-0.2, 0) is 33.5 Å². The number of aromatic nitrogens is 2. The van der Waals surface area contributed by atoms with E-state index in [2.05, 4.69) is 21.0 Å². The average molecular weight is 453 g/mol. The Balaban J connectivity index is 1.69. The minimum Gasteiger partial charge on any atom is -0.487 e. The molecule has 0 bridgehead atoms. The molecule has 1 aliphatic heterocycles. The van der Waals surface area contributed by atoms with Gasteiger partial charge in [0, 0.05) is 40.2 Å². The molecule has 0 aliphatic carbocycles. The van der Waals surface area contributed by atoms with Crippen molar-refractivity contribution in [1.29, 1.82) is 0 Å². The fourth-order valence-electron chi connectivity index (χ4n) is 3.39. The summed E-state index contributed by atoms with van der Waals surface area (Å²) in [6.45, 7) is 3.70. The van der Waals surface area contributed by atoms with Crippen LogP contribution in [-0.4, -0.2) is 42.7 Å². The summed E-state index contributed by atoms with van der Waals surface area (Å²) >= 11 is 3.43. The van der Waals surface area contributed by atoms with Gasteiger partial charge in [0.25, 0.3) is 0 Å². The van der Waals surface area contributed by atoms with Gasteiger partial charge in [-0.2, -0.15) is 5.10 Å². The number of carbonyl (C=O) groups is 1. The molecule has 0 amide bonds. The summed E-state index contributed by atoms with van der Waals surface area (Å²) in [7, 11) is 3.45. The molecule has 8 heteroatoms. The summed E-state index contributed by atoms with van der Waals surface area (Å²) in [6, 6.07) is 7.91. The van der Waals surface area contributed by atoms with E-state index < -0.39 is 5.97 Å². The number of hydrogen-bond acceptors (Lipinski definition) is 6. The number of nitrogens with zero attached hydrogens (tertiary/aromatic N) is 2. The topological polar surface area (TPSA) is 71.8 Å². The summed E-state index contributed by atoms with van der Waals surface area (Å²) in [5.74, 6) is 0.304. The second kappa shape index (κ2) is 9.07. The lowest BCUT2D eigenvalue weighted by atomic mass is 9.86. The van der Waals surface area contributed by atoms with Crippen LogP contribution in [0.3, 0.4) is 0 Å². The molecule has 0 N–H and O–H groups in total. The molecule has 1 saturated heterocycles. The molecule has 1 aromatic heterocycles. The van der Waals surface area contributed by atoms with Gasteiger partial charge in [0.15, 0.2) is 5.69 Å². The van der Waals surface area contributed by atoms with Gasteiger partial charge in [0.2, 0.25) is 0 Å². The van der Waals surface area contributed by atoms with Crippen molar-refractivity contribution >= 4 is 21.9 Å². The van der Waals surface area contributed by atoms with Gasteiger partial charge in [-0.15, -0.1) is 0 Å². The van der Waals surface area contributed by atoms with Crippen molar-refractivity contribution in [2.24, 2.45) is 7.05 Å². The third kappa shape index (κ3) is 4.24. The first-order chi connectivity index (χ1) is 13.5. The zero-order chi connectivity index (χ0) is 20.1. The number of hydrogen-bond donors (Lipinski definition) is 0. The minimum atomic E-state index is -0.415. The Morgan fingerprint density at radius 1 is 1.29 bits per heavy atom. The van der Waals surface area contributed by atoms with E-state index in [1.54, 1.807) is 21.1 Å². The number of carbonyl (C=O) groups excluding carboxylic acids is 1. The predicted molar refractivity (Wildman–Crippen MR) is 106 cm³/mol. The zero-order valence-electron chi connectivity index (χ0n) is 16.4. The van der Waals surface area contributed by atoms with Crippen LogP contribution in [0.4, 0.5) is 0 Å². The van der Waals surface area contributed by atoms with Crippen molar-refractivity contribution in [3.05, 3.63) is 45.7 Å². The van der Waals surface area contributed by atoms with Gasteiger partial charge in [0.1, 0.15) is 18.1 Å². The molecule has 7 nitrogen and oxygen atoms in total. The Kier molecular flexibility index (Phi) is 6.74. The molecule has 1 aliphatic rings. The second-order valence-electron chi connectivity index (χ2n) is 6.58. The first-order valence-electron chi connectivity index (χ1n) is 9.25. The third-order valence-electron chi connectivity index (χ3n) is 4.97. The highest BCUT2D eigenvalue weighted by Crippen LogP contribution is 2.36. The van der Waals surface area contributed by atoms with Crippen molar-refractivity contribution in [2.75, 3.05) is 26.9 Å². The van der Waals surface area contributed by atoms with E-state index >= 15 is 0 Å². The molecule has 0 saturated carbocycles. The Hall–Kier alpha value is -1.90. The van der Waals surface area contributed by atoms with Gasteiger partial charge in [-0.3, -0.25) is 4.68 Å². The normalized spacial score (nSPS) is 16.0. The van der Waals surface area contributed by atoms with Crippen molar-refractivity contribution in [2.45, 2.75) is 32.0 Å². The number of ether oxygens (including phenoxy) is 4. The number of rotatable bonds is 7. The van der Waals surface area contributed by atoms with Gasteiger partial charge in [0.05, 0.1) is 16.7 Å². The molecule has 1 fully saturated rings. The van der Waals surface area contributed by atoms with E-state index in [1.165, 1.54) is 4.68 Å². The lowest BCUT2D eigenvalue weighted by Gasteiger charge is -2.36. The van der Waals surface area contributed by atoms with Crippen LogP contribution in [0, 0.1) is 0 Å². The van der Waals surface area contributed by atoms with E-state index in [0.717, 1.165) is 24.2 Å². The Morgan fingerprint density at radius 3 is 2.57 bits per heavy atom. The SMILES string of the molecule is CCOC(=O)c1c(Br)c(COc2ccc(C3(OC)CCOCC3)cc2)nn1C. The maximum absolute atomic E-state index is 12.0. The van der Waals surface area contributed by atoms with Crippen LogP contribution in [0.15, 0.2) is 28.7 Å².